The Balaban J connectivity index is 1.47. The highest BCUT2D eigenvalue weighted by Crippen LogP contribution is 2.32. The van der Waals surface area contributed by atoms with Gasteiger partial charge in [-0.3, -0.25) is 4.79 Å². The van der Waals surface area contributed by atoms with Crippen molar-refractivity contribution >= 4 is 5.91 Å². The standard InChI is InChI=1S/C23H25N3O4/c1-15(16-7-5-4-6-8-16)13-26-14-18(11-21(26)27)23-24-22(25-30-23)17-9-19(28-2)12-20(10-17)29-3/h4-10,12,15,18H,11,13-14H2,1-3H3. The zero-order valence-corrected chi connectivity index (χ0v) is 17.4. The molecule has 1 amide bonds. The third kappa shape index (κ3) is 4.15. The number of aromatic nitrogens is 2. The molecule has 2 unspecified atom stereocenters. The number of rotatable bonds is 7. The molecule has 0 radical (unpaired) electrons. The topological polar surface area (TPSA) is 77.7 Å². The zero-order chi connectivity index (χ0) is 21.1. The minimum absolute atomic E-state index is 0.103. The third-order valence-electron chi connectivity index (χ3n) is 5.48. The molecular formula is C23H25N3O4. The molecule has 4 rings (SSSR count). The Morgan fingerprint density at radius 2 is 1.83 bits per heavy atom. The van der Waals surface area contributed by atoms with Crippen LogP contribution in [0.25, 0.3) is 11.4 Å². The van der Waals surface area contributed by atoms with Crippen molar-refractivity contribution in [1.82, 2.24) is 15.0 Å². The van der Waals surface area contributed by atoms with E-state index >= 15 is 0 Å². The summed E-state index contributed by atoms with van der Waals surface area (Å²) in [5.41, 5.74) is 1.96. The lowest BCUT2D eigenvalue weighted by molar-refractivity contribution is -0.127. The maximum atomic E-state index is 12.6. The SMILES string of the molecule is COc1cc(OC)cc(-c2noc(C3CC(=O)N(CC(C)c4ccccc4)C3)n2)c1. The van der Waals surface area contributed by atoms with Crippen LogP contribution in [0.3, 0.4) is 0 Å². The predicted molar refractivity (Wildman–Crippen MR) is 112 cm³/mol. The molecule has 7 heteroatoms. The largest absolute Gasteiger partial charge is 0.497 e. The van der Waals surface area contributed by atoms with Crippen LogP contribution in [0.2, 0.25) is 0 Å². The van der Waals surface area contributed by atoms with Gasteiger partial charge in [-0.2, -0.15) is 4.98 Å². The summed E-state index contributed by atoms with van der Waals surface area (Å²) in [5.74, 6) is 2.50. The van der Waals surface area contributed by atoms with Gasteiger partial charge in [-0.15, -0.1) is 0 Å². The molecule has 1 aliphatic rings. The van der Waals surface area contributed by atoms with Crippen molar-refractivity contribution in [2.75, 3.05) is 27.3 Å². The first kappa shape index (κ1) is 19.9. The molecule has 156 valence electrons. The van der Waals surface area contributed by atoms with Crippen molar-refractivity contribution in [3.05, 3.63) is 60.0 Å². The minimum atomic E-state index is -0.103. The van der Waals surface area contributed by atoms with Crippen LogP contribution in [0.5, 0.6) is 11.5 Å². The summed E-state index contributed by atoms with van der Waals surface area (Å²) in [4.78, 5) is 19.0. The molecule has 0 bridgehead atoms. The molecule has 0 N–H and O–H groups in total. The number of methoxy groups -OCH3 is 2. The molecule has 1 aliphatic heterocycles. The average Bonchev–Trinajstić information content (AvgIpc) is 3.41. The Labute approximate surface area is 175 Å². The van der Waals surface area contributed by atoms with E-state index in [2.05, 4.69) is 29.2 Å². The van der Waals surface area contributed by atoms with Gasteiger partial charge < -0.3 is 18.9 Å². The second-order valence-corrected chi connectivity index (χ2v) is 7.57. The molecule has 0 saturated carbocycles. The van der Waals surface area contributed by atoms with Crippen molar-refractivity contribution in [3.63, 3.8) is 0 Å². The Hall–Kier alpha value is -3.35. The maximum Gasteiger partial charge on any atom is 0.232 e. The van der Waals surface area contributed by atoms with Gasteiger partial charge in [0.1, 0.15) is 11.5 Å². The lowest BCUT2D eigenvalue weighted by Crippen LogP contribution is -2.29. The van der Waals surface area contributed by atoms with Crippen LogP contribution >= 0.6 is 0 Å². The molecule has 1 saturated heterocycles. The van der Waals surface area contributed by atoms with Gasteiger partial charge in [0.25, 0.3) is 0 Å². The van der Waals surface area contributed by atoms with E-state index in [0.717, 1.165) is 5.56 Å². The van der Waals surface area contributed by atoms with E-state index in [0.29, 0.717) is 42.7 Å². The van der Waals surface area contributed by atoms with Crippen LogP contribution in [0.1, 0.15) is 36.6 Å². The Morgan fingerprint density at radius 1 is 1.13 bits per heavy atom. The number of ether oxygens (including phenoxy) is 2. The molecular weight excluding hydrogens is 382 g/mol. The molecule has 0 spiro atoms. The lowest BCUT2D eigenvalue weighted by Gasteiger charge is -2.21. The van der Waals surface area contributed by atoms with Crippen molar-refractivity contribution in [2.24, 2.45) is 0 Å². The fraction of sp³-hybridized carbons (Fsp3) is 0.348. The summed E-state index contributed by atoms with van der Waals surface area (Å²) in [5, 5.41) is 4.11. The molecule has 30 heavy (non-hydrogen) atoms. The highest BCUT2D eigenvalue weighted by atomic mass is 16.5. The quantitative estimate of drug-likeness (QED) is 0.592. The first-order valence-electron chi connectivity index (χ1n) is 9.97. The van der Waals surface area contributed by atoms with Gasteiger partial charge in [0.2, 0.25) is 17.6 Å². The van der Waals surface area contributed by atoms with E-state index in [4.69, 9.17) is 14.0 Å². The number of benzene rings is 2. The molecule has 7 nitrogen and oxygen atoms in total. The first-order valence-corrected chi connectivity index (χ1v) is 9.97. The van der Waals surface area contributed by atoms with E-state index in [1.165, 1.54) is 5.56 Å². The van der Waals surface area contributed by atoms with E-state index in [1.54, 1.807) is 20.3 Å². The Morgan fingerprint density at radius 3 is 2.50 bits per heavy atom. The van der Waals surface area contributed by atoms with Crippen LogP contribution in [-0.4, -0.2) is 48.3 Å². The monoisotopic (exact) mass is 407 g/mol. The van der Waals surface area contributed by atoms with Crippen LogP contribution in [0, 0.1) is 0 Å². The second-order valence-electron chi connectivity index (χ2n) is 7.57. The van der Waals surface area contributed by atoms with Crippen LogP contribution in [0.4, 0.5) is 0 Å². The molecule has 2 heterocycles. The molecule has 2 atom stereocenters. The number of amides is 1. The van der Waals surface area contributed by atoms with Gasteiger partial charge >= 0.3 is 0 Å². The fourth-order valence-corrected chi connectivity index (χ4v) is 3.79. The first-order chi connectivity index (χ1) is 14.6. The van der Waals surface area contributed by atoms with Crippen molar-refractivity contribution in [1.29, 1.82) is 0 Å². The molecule has 3 aromatic rings. The zero-order valence-electron chi connectivity index (χ0n) is 17.4. The third-order valence-corrected chi connectivity index (χ3v) is 5.48. The van der Waals surface area contributed by atoms with E-state index < -0.39 is 0 Å². The number of nitrogens with zero attached hydrogens (tertiary/aromatic N) is 3. The Bertz CT molecular complexity index is 996. The van der Waals surface area contributed by atoms with Gasteiger partial charge in [0, 0.05) is 31.1 Å². The van der Waals surface area contributed by atoms with Crippen molar-refractivity contribution in [3.8, 4) is 22.9 Å². The summed E-state index contributed by atoms with van der Waals surface area (Å²) in [6.45, 7) is 3.39. The van der Waals surface area contributed by atoms with Gasteiger partial charge in [-0.05, 0) is 23.6 Å². The number of hydrogen-bond donors (Lipinski definition) is 0. The summed E-state index contributed by atoms with van der Waals surface area (Å²) >= 11 is 0. The van der Waals surface area contributed by atoms with Crippen molar-refractivity contribution < 1.29 is 18.8 Å². The number of hydrogen-bond acceptors (Lipinski definition) is 6. The summed E-state index contributed by atoms with van der Waals surface area (Å²) in [6.07, 6.45) is 0.380. The highest BCUT2D eigenvalue weighted by molar-refractivity contribution is 5.79. The number of carbonyl (C=O) groups excluding carboxylic acids is 1. The highest BCUT2D eigenvalue weighted by Gasteiger charge is 2.35. The van der Waals surface area contributed by atoms with Crippen molar-refractivity contribution in [2.45, 2.75) is 25.2 Å². The van der Waals surface area contributed by atoms with Gasteiger partial charge in [-0.1, -0.05) is 42.4 Å². The fourth-order valence-electron chi connectivity index (χ4n) is 3.79. The minimum Gasteiger partial charge on any atom is -0.497 e. The summed E-state index contributed by atoms with van der Waals surface area (Å²) in [6, 6.07) is 15.7. The summed E-state index contributed by atoms with van der Waals surface area (Å²) < 4.78 is 16.1. The summed E-state index contributed by atoms with van der Waals surface area (Å²) in [7, 11) is 3.19. The smallest absolute Gasteiger partial charge is 0.232 e. The van der Waals surface area contributed by atoms with Gasteiger partial charge in [-0.25, -0.2) is 0 Å². The molecule has 1 fully saturated rings. The van der Waals surface area contributed by atoms with Gasteiger partial charge in [0.05, 0.1) is 20.1 Å². The van der Waals surface area contributed by atoms with Crippen LogP contribution in [0.15, 0.2) is 53.1 Å². The molecule has 2 aromatic carbocycles. The molecule has 0 aliphatic carbocycles. The maximum absolute atomic E-state index is 12.6. The number of likely N-dealkylation sites (tertiary alicyclic amines) is 1. The Kier molecular flexibility index (Phi) is 5.70. The van der Waals surface area contributed by atoms with E-state index in [1.807, 2.05) is 35.2 Å². The normalized spacial score (nSPS) is 17.2. The second kappa shape index (κ2) is 8.57. The van der Waals surface area contributed by atoms with Crippen LogP contribution in [-0.2, 0) is 4.79 Å². The van der Waals surface area contributed by atoms with Gasteiger partial charge in [0.15, 0.2) is 0 Å². The number of carbonyl (C=O) groups is 1. The van der Waals surface area contributed by atoms with E-state index in [9.17, 15) is 4.79 Å². The molecule has 1 aromatic heterocycles. The predicted octanol–water partition coefficient (Wildman–Crippen LogP) is 3.87. The average molecular weight is 407 g/mol. The van der Waals surface area contributed by atoms with Crippen LogP contribution < -0.4 is 9.47 Å². The lowest BCUT2D eigenvalue weighted by atomic mass is 10.0. The van der Waals surface area contributed by atoms with E-state index in [-0.39, 0.29) is 17.7 Å².